The van der Waals surface area contributed by atoms with Crippen LogP contribution in [0, 0.1) is 5.82 Å². The van der Waals surface area contributed by atoms with Crippen LogP contribution in [0.4, 0.5) is 10.1 Å². The fourth-order valence-electron chi connectivity index (χ4n) is 2.92. The third-order valence-corrected chi connectivity index (χ3v) is 4.92. The van der Waals surface area contributed by atoms with Crippen LogP contribution in [0.5, 0.6) is 0 Å². The minimum Gasteiger partial charge on any atom is -0.358 e. The third-order valence-electron chi connectivity index (χ3n) is 4.29. The monoisotopic (exact) mass is 391 g/mol. The Bertz CT molecular complexity index is 782. The van der Waals surface area contributed by atoms with Crippen LogP contribution in [0.1, 0.15) is 18.4 Å². The van der Waals surface area contributed by atoms with Crippen molar-refractivity contribution in [2.75, 3.05) is 11.9 Å². The quantitative estimate of drug-likeness (QED) is 0.774. The van der Waals surface area contributed by atoms with Gasteiger partial charge in [0.1, 0.15) is 11.9 Å². The van der Waals surface area contributed by atoms with E-state index in [9.17, 15) is 9.18 Å². The SMILES string of the molecule is O=C(Nc1ccc(Cl)cc1)C1CCCN1C(=S)NCc1ccc(F)cc1. The molecule has 0 aliphatic carbocycles. The molecular weight excluding hydrogens is 373 g/mol. The highest BCUT2D eigenvalue weighted by Gasteiger charge is 2.32. The molecule has 0 aromatic heterocycles. The Morgan fingerprint density at radius 1 is 1.19 bits per heavy atom. The number of nitrogens with one attached hydrogen (secondary N) is 2. The van der Waals surface area contributed by atoms with Gasteiger partial charge in [-0.15, -0.1) is 0 Å². The Kier molecular flexibility index (Phi) is 6.06. The van der Waals surface area contributed by atoms with Crippen molar-refractivity contribution in [3.05, 3.63) is 64.9 Å². The molecule has 7 heteroatoms. The van der Waals surface area contributed by atoms with Crippen molar-refractivity contribution >= 4 is 40.5 Å². The maximum atomic E-state index is 13.0. The van der Waals surface area contributed by atoms with Gasteiger partial charge in [0.05, 0.1) is 0 Å². The molecule has 0 spiro atoms. The van der Waals surface area contributed by atoms with E-state index in [1.54, 1.807) is 36.4 Å². The number of halogens is 2. The molecule has 1 atom stereocenters. The molecule has 4 nitrogen and oxygen atoms in total. The second-order valence-corrected chi connectivity index (χ2v) is 6.96. The van der Waals surface area contributed by atoms with Crippen LogP contribution in [0.3, 0.4) is 0 Å². The number of hydrogen-bond donors (Lipinski definition) is 2. The maximum Gasteiger partial charge on any atom is 0.247 e. The highest BCUT2D eigenvalue weighted by atomic mass is 35.5. The molecule has 1 saturated heterocycles. The summed E-state index contributed by atoms with van der Waals surface area (Å²) in [7, 11) is 0. The normalized spacial score (nSPS) is 16.4. The van der Waals surface area contributed by atoms with E-state index in [1.807, 2.05) is 4.90 Å². The molecule has 0 bridgehead atoms. The van der Waals surface area contributed by atoms with Crippen molar-refractivity contribution < 1.29 is 9.18 Å². The summed E-state index contributed by atoms with van der Waals surface area (Å²) in [6.45, 7) is 1.22. The molecule has 3 rings (SSSR count). The lowest BCUT2D eigenvalue weighted by molar-refractivity contribution is -0.119. The molecule has 1 aliphatic rings. The van der Waals surface area contributed by atoms with E-state index in [1.165, 1.54) is 12.1 Å². The molecule has 2 aromatic carbocycles. The number of carbonyl (C=O) groups is 1. The number of hydrogen-bond acceptors (Lipinski definition) is 2. The second kappa shape index (κ2) is 8.47. The molecular formula is C19H19ClFN3OS. The Morgan fingerprint density at radius 2 is 1.88 bits per heavy atom. The fraction of sp³-hybridized carbons (Fsp3) is 0.263. The molecule has 2 aromatic rings. The van der Waals surface area contributed by atoms with E-state index in [4.69, 9.17) is 23.8 Å². The number of amides is 1. The minimum atomic E-state index is -0.307. The standard InChI is InChI=1S/C19H19ClFN3OS/c20-14-5-9-16(10-6-14)23-18(25)17-2-1-11-24(17)19(26)22-12-13-3-7-15(21)8-4-13/h3-10,17H,1-2,11-12H2,(H,22,26)(H,23,25). The van der Waals surface area contributed by atoms with Gasteiger partial charge in [0.2, 0.25) is 5.91 Å². The van der Waals surface area contributed by atoms with Gasteiger partial charge in [-0.3, -0.25) is 4.79 Å². The van der Waals surface area contributed by atoms with E-state index in [-0.39, 0.29) is 17.8 Å². The summed E-state index contributed by atoms with van der Waals surface area (Å²) in [6, 6.07) is 12.9. The van der Waals surface area contributed by atoms with Gasteiger partial charge < -0.3 is 15.5 Å². The topological polar surface area (TPSA) is 44.4 Å². The maximum absolute atomic E-state index is 13.0. The van der Waals surface area contributed by atoms with Crippen LogP contribution in [-0.2, 0) is 11.3 Å². The van der Waals surface area contributed by atoms with E-state index >= 15 is 0 Å². The van der Waals surface area contributed by atoms with Gasteiger partial charge in [0, 0.05) is 23.8 Å². The van der Waals surface area contributed by atoms with Gasteiger partial charge in [-0.25, -0.2) is 4.39 Å². The highest BCUT2D eigenvalue weighted by molar-refractivity contribution is 7.80. The van der Waals surface area contributed by atoms with Crippen LogP contribution in [0.2, 0.25) is 5.02 Å². The van der Waals surface area contributed by atoms with Crippen molar-refractivity contribution in [1.29, 1.82) is 0 Å². The van der Waals surface area contributed by atoms with Crippen LogP contribution >= 0.6 is 23.8 Å². The van der Waals surface area contributed by atoms with Crippen LogP contribution in [0.15, 0.2) is 48.5 Å². The summed E-state index contributed by atoms with van der Waals surface area (Å²) in [5.41, 5.74) is 1.63. The smallest absolute Gasteiger partial charge is 0.247 e. The van der Waals surface area contributed by atoms with Gasteiger partial charge in [0.25, 0.3) is 0 Å². The van der Waals surface area contributed by atoms with Gasteiger partial charge >= 0.3 is 0 Å². The molecule has 1 heterocycles. The lowest BCUT2D eigenvalue weighted by atomic mass is 10.2. The highest BCUT2D eigenvalue weighted by Crippen LogP contribution is 2.20. The largest absolute Gasteiger partial charge is 0.358 e. The average molecular weight is 392 g/mol. The van der Waals surface area contributed by atoms with Crippen LogP contribution < -0.4 is 10.6 Å². The van der Waals surface area contributed by atoms with Crippen LogP contribution in [-0.4, -0.2) is 28.5 Å². The first-order chi connectivity index (χ1) is 12.5. The molecule has 1 fully saturated rings. The van der Waals surface area contributed by atoms with Crippen molar-refractivity contribution in [1.82, 2.24) is 10.2 Å². The molecule has 0 radical (unpaired) electrons. The Hall–Kier alpha value is -2.18. The zero-order valence-electron chi connectivity index (χ0n) is 14.0. The van der Waals surface area contributed by atoms with Crippen molar-refractivity contribution in [2.24, 2.45) is 0 Å². The number of benzene rings is 2. The number of carbonyl (C=O) groups excluding carboxylic acids is 1. The lowest BCUT2D eigenvalue weighted by Gasteiger charge is -2.27. The first-order valence-electron chi connectivity index (χ1n) is 8.38. The molecule has 2 N–H and O–H groups in total. The lowest BCUT2D eigenvalue weighted by Crippen LogP contribution is -2.47. The summed E-state index contributed by atoms with van der Waals surface area (Å²) in [4.78, 5) is 14.5. The summed E-state index contributed by atoms with van der Waals surface area (Å²) >= 11 is 11.3. The summed E-state index contributed by atoms with van der Waals surface area (Å²) in [6.07, 6.45) is 1.65. The minimum absolute atomic E-state index is 0.0873. The zero-order chi connectivity index (χ0) is 18.5. The summed E-state index contributed by atoms with van der Waals surface area (Å²) < 4.78 is 13.0. The number of likely N-dealkylation sites (tertiary alicyclic amines) is 1. The zero-order valence-corrected chi connectivity index (χ0v) is 15.6. The Labute approximate surface area is 162 Å². The average Bonchev–Trinajstić information content (AvgIpc) is 3.13. The second-order valence-electron chi connectivity index (χ2n) is 6.13. The Balaban J connectivity index is 1.57. The van der Waals surface area contributed by atoms with E-state index in [0.717, 1.165) is 24.9 Å². The first kappa shape index (κ1) is 18.6. The summed E-state index contributed by atoms with van der Waals surface area (Å²) in [5.74, 6) is -0.356. The molecule has 1 amide bonds. The predicted octanol–water partition coefficient (Wildman–Crippen LogP) is 3.96. The van der Waals surface area contributed by atoms with Crippen molar-refractivity contribution in [3.8, 4) is 0 Å². The summed E-state index contributed by atoms with van der Waals surface area (Å²) in [5, 5.41) is 7.21. The van der Waals surface area contributed by atoms with Gasteiger partial charge in [0.15, 0.2) is 5.11 Å². The molecule has 136 valence electrons. The fourth-order valence-corrected chi connectivity index (χ4v) is 3.34. The third kappa shape index (κ3) is 4.71. The molecule has 1 aliphatic heterocycles. The van der Waals surface area contributed by atoms with Gasteiger partial charge in [-0.2, -0.15) is 0 Å². The molecule has 26 heavy (non-hydrogen) atoms. The van der Waals surface area contributed by atoms with Gasteiger partial charge in [-0.1, -0.05) is 23.7 Å². The van der Waals surface area contributed by atoms with E-state index in [2.05, 4.69) is 10.6 Å². The number of anilines is 1. The van der Waals surface area contributed by atoms with Crippen LogP contribution in [0.25, 0.3) is 0 Å². The van der Waals surface area contributed by atoms with E-state index in [0.29, 0.717) is 22.4 Å². The van der Waals surface area contributed by atoms with Crippen molar-refractivity contribution in [2.45, 2.75) is 25.4 Å². The van der Waals surface area contributed by atoms with E-state index < -0.39 is 0 Å². The number of thiocarbonyl (C=S) groups is 1. The number of nitrogens with zero attached hydrogens (tertiary/aromatic N) is 1. The number of rotatable bonds is 4. The first-order valence-corrected chi connectivity index (χ1v) is 9.17. The molecule has 1 unspecified atom stereocenters. The predicted molar refractivity (Wildman–Crippen MR) is 106 cm³/mol. The molecule has 0 saturated carbocycles. The van der Waals surface area contributed by atoms with Crippen molar-refractivity contribution in [3.63, 3.8) is 0 Å². The van der Waals surface area contributed by atoms with Gasteiger partial charge in [-0.05, 0) is 67.0 Å². The Morgan fingerprint density at radius 3 is 2.58 bits per heavy atom.